The number of fused-ring (bicyclic) bond motifs is 1. The van der Waals surface area contributed by atoms with Crippen LogP contribution in [0.4, 0.5) is 28.9 Å². The Balaban J connectivity index is 1.98. The highest BCUT2D eigenvalue weighted by Crippen LogP contribution is 2.34. The van der Waals surface area contributed by atoms with E-state index in [0.717, 1.165) is 18.2 Å². The van der Waals surface area contributed by atoms with Gasteiger partial charge in [-0.2, -0.15) is 0 Å². The molecule has 0 radical (unpaired) electrons. The maximum absolute atomic E-state index is 13.6. The van der Waals surface area contributed by atoms with E-state index in [2.05, 4.69) is 10.6 Å². The number of carbonyl (C=O) groups is 1. The smallest absolute Gasteiger partial charge is 0.251 e. The van der Waals surface area contributed by atoms with Crippen molar-refractivity contribution >= 4 is 17.3 Å². The van der Waals surface area contributed by atoms with Crippen LogP contribution in [0, 0.1) is 23.3 Å². The van der Waals surface area contributed by atoms with Gasteiger partial charge in [0.05, 0.1) is 5.69 Å². The number of halogens is 4. The normalized spacial score (nSPS) is 16.6. The van der Waals surface area contributed by atoms with Gasteiger partial charge in [0, 0.05) is 11.3 Å². The van der Waals surface area contributed by atoms with Crippen LogP contribution in [0.25, 0.3) is 0 Å². The average molecular weight is 296 g/mol. The fraction of sp³-hybridized carbons (Fsp3) is 0.0714. The van der Waals surface area contributed by atoms with E-state index in [-0.39, 0.29) is 11.3 Å². The Morgan fingerprint density at radius 1 is 1.00 bits per heavy atom. The van der Waals surface area contributed by atoms with Gasteiger partial charge in [-0.3, -0.25) is 4.79 Å². The van der Waals surface area contributed by atoms with Crippen molar-refractivity contribution in [2.24, 2.45) is 0 Å². The molecule has 0 bridgehead atoms. The molecule has 1 atom stereocenters. The molecule has 2 aromatic rings. The molecule has 0 saturated heterocycles. The molecule has 108 valence electrons. The van der Waals surface area contributed by atoms with Gasteiger partial charge in [-0.25, -0.2) is 17.6 Å². The van der Waals surface area contributed by atoms with Crippen LogP contribution in [-0.2, 0) is 4.79 Å². The van der Waals surface area contributed by atoms with Crippen LogP contribution in [0.15, 0.2) is 30.3 Å². The number of anilines is 2. The maximum Gasteiger partial charge on any atom is 0.251 e. The summed E-state index contributed by atoms with van der Waals surface area (Å²) in [6.45, 7) is 0. The highest BCUT2D eigenvalue weighted by molar-refractivity contribution is 6.04. The first-order valence-corrected chi connectivity index (χ1v) is 5.97. The summed E-state index contributed by atoms with van der Waals surface area (Å²) in [7, 11) is 0. The molecule has 1 aliphatic rings. The fourth-order valence-corrected chi connectivity index (χ4v) is 2.17. The first-order chi connectivity index (χ1) is 9.97. The van der Waals surface area contributed by atoms with Crippen LogP contribution in [0.3, 0.4) is 0 Å². The Bertz CT molecular complexity index is 748. The molecule has 0 aliphatic carbocycles. The molecule has 0 saturated carbocycles. The van der Waals surface area contributed by atoms with Gasteiger partial charge in [-0.15, -0.1) is 0 Å². The first kappa shape index (κ1) is 13.4. The van der Waals surface area contributed by atoms with Gasteiger partial charge in [-0.1, -0.05) is 0 Å². The third-order valence-corrected chi connectivity index (χ3v) is 3.18. The lowest BCUT2D eigenvalue weighted by atomic mass is 10.1. The molecule has 0 spiro atoms. The van der Waals surface area contributed by atoms with Crippen LogP contribution in [0.2, 0.25) is 0 Å². The van der Waals surface area contributed by atoms with Crippen molar-refractivity contribution < 1.29 is 22.4 Å². The van der Waals surface area contributed by atoms with Crippen molar-refractivity contribution in [3.05, 3.63) is 59.2 Å². The van der Waals surface area contributed by atoms with Crippen LogP contribution >= 0.6 is 0 Å². The number of hydrogen-bond donors (Lipinski definition) is 2. The van der Waals surface area contributed by atoms with Crippen molar-refractivity contribution in [1.29, 1.82) is 0 Å². The topological polar surface area (TPSA) is 41.1 Å². The predicted molar refractivity (Wildman–Crippen MR) is 67.7 cm³/mol. The molecule has 3 nitrogen and oxygen atoms in total. The van der Waals surface area contributed by atoms with Crippen LogP contribution in [-0.4, -0.2) is 5.91 Å². The number of hydrogen-bond acceptors (Lipinski definition) is 2. The summed E-state index contributed by atoms with van der Waals surface area (Å²) in [4.78, 5) is 11.8. The third-order valence-electron chi connectivity index (χ3n) is 3.18. The molecule has 7 heteroatoms. The lowest BCUT2D eigenvalue weighted by Gasteiger charge is -2.14. The van der Waals surface area contributed by atoms with E-state index in [1.165, 1.54) is 12.1 Å². The summed E-state index contributed by atoms with van der Waals surface area (Å²) in [5, 5.41) is 4.93. The van der Waals surface area contributed by atoms with E-state index >= 15 is 0 Å². The van der Waals surface area contributed by atoms with Crippen LogP contribution in [0.1, 0.15) is 11.6 Å². The number of benzene rings is 2. The maximum atomic E-state index is 13.6. The minimum Gasteiger partial charge on any atom is -0.368 e. The van der Waals surface area contributed by atoms with E-state index in [4.69, 9.17) is 0 Å². The van der Waals surface area contributed by atoms with Gasteiger partial charge in [0.2, 0.25) is 0 Å². The Morgan fingerprint density at radius 2 is 1.76 bits per heavy atom. The van der Waals surface area contributed by atoms with Gasteiger partial charge >= 0.3 is 0 Å². The number of rotatable bonds is 2. The van der Waals surface area contributed by atoms with Crippen molar-refractivity contribution in [2.75, 3.05) is 10.6 Å². The molecule has 21 heavy (non-hydrogen) atoms. The number of nitrogens with one attached hydrogen (secondary N) is 2. The van der Waals surface area contributed by atoms with Crippen molar-refractivity contribution in [3.8, 4) is 0 Å². The van der Waals surface area contributed by atoms with Crippen molar-refractivity contribution in [1.82, 2.24) is 0 Å². The molecule has 3 rings (SSSR count). The monoisotopic (exact) mass is 296 g/mol. The Hall–Kier alpha value is -2.57. The molecule has 1 heterocycles. The van der Waals surface area contributed by atoms with E-state index in [1.807, 2.05) is 0 Å². The van der Waals surface area contributed by atoms with Crippen LogP contribution in [0.5, 0.6) is 0 Å². The fourth-order valence-electron chi connectivity index (χ4n) is 2.17. The third kappa shape index (κ3) is 2.20. The molecule has 0 aromatic heterocycles. The number of amides is 1. The minimum absolute atomic E-state index is 0.268. The van der Waals surface area contributed by atoms with E-state index in [1.54, 1.807) is 0 Å². The van der Waals surface area contributed by atoms with Gasteiger partial charge in [0.1, 0.15) is 11.9 Å². The summed E-state index contributed by atoms with van der Waals surface area (Å²) in [6, 6.07) is 4.27. The number of carbonyl (C=O) groups excluding carboxylic acids is 1. The molecular weight excluding hydrogens is 288 g/mol. The summed E-state index contributed by atoms with van der Waals surface area (Å²) in [5.41, 5.74) is 0.261. The summed E-state index contributed by atoms with van der Waals surface area (Å²) < 4.78 is 52.9. The van der Waals surface area contributed by atoms with E-state index in [9.17, 15) is 22.4 Å². The van der Waals surface area contributed by atoms with Gasteiger partial charge in [-0.05, 0) is 30.3 Å². The Morgan fingerprint density at radius 3 is 2.52 bits per heavy atom. The molecule has 1 amide bonds. The second-order valence-corrected chi connectivity index (χ2v) is 4.52. The minimum atomic E-state index is -1.64. The summed E-state index contributed by atoms with van der Waals surface area (Å²) >= 11 is 0. The predicted octanol–water partition coefficient (Wildman–Crippen LogP) is 3.35. The van der Waals surface area contributed by atoms with E-state index < -0.39 is 35.2 Å². The largest absolute Gasteiger partial charge is 0.368 e. The highest BCUT2D eigenvalue weighted by atomic mass is 19.2. The molecule has 2 N–H and O–H groups in total. The van der Waals surface area contributed by atoms with Crippen molar-refractivity contribution in [3.63, 3.8) is 0 Å². The second kappa shape index (κ2) is 4.76. The molecular formula is C14H8F4N2O. The Labute approximate surface area is 116 Å². The van der Waals surface area contributed by atoms with Crippen molar-refractivity contribution in [2.45, 2.75) is 6.04 Å². The van der Waals surface area contributed by atoms with E-state index in [0.29, 0.717) is 5.69 Å². The van der Waals surface area contributed by atoms with Gasteiger partial charge in [0.15, 0.2) is 17.5 Å². The van der Waals surface area contributed by atoms with Crippen LogP contribution < -0.4 is 10.6 Å². The second-order valence-electron chi connectivity index (χ2n) is 4.52. The molecule has 1 unspecified atom stereocenters. The standard InChI is InChI=1S/C14H8F4N2O/c15-6-1-3-9-7(5-6)13(14(21)20-9)19-10-4-2-8(16)11(17)12(10)18/h1-5,13,19H,(H,20,21). The lowest BCUT2D eigenvalue weighted by Crippen LogP contribution is -2.20. The van der Waals surface area contributed by atoms with Gasteiger partial charge in [0.25, 0.3) is 5.91 Å². The Kier molecular flexibility index (Phi) is 3.04. The quantitative estimate of drug-likeness (QED) is 0.659. The average Bonchev–Trinajstić information content (AvgIpc) is 2.75. The molecule has 0 fully saturated rings. The lowest BCUT2D eigenvalue weighted by molar-refractivity contribution is -0.116. The zero-order valence-corrected chi connectivity index (χ0v) is 10.4. The summed E-state index contributed by atoms with van der Waals surface area (Å²) in [6.07, 6.45) is 0. The van der Waals surface area contributed by atoms with Gasteiger partial charge < -0.3 is 10.6 Å². The molecule has 2 aromatic carbocycles. The zero-order chi connectivity index (χ0) is 15.1. The summed E-state index contributed by atoms with van der Waals surface area (Å²) in [5.74, 6) is -5.52. The highest BCUT2D eigenvalue weighted by Gasteiger charge is 2.31. The SMILES string of the molecule is O=C1Nc2ccc(F)cc2C1Nc1ccc(F)c(F)c1F. The molecule has 1 aliphatic heterocycles. The first-order valence-electron chi connectivity index (χ1n) is 5.97. The zero-order valence-electron chi connectivity index (χ0n) is 10.4.